The van der Waals surface area contributed by atoms with Crippen molar-refractivity contribution >= 4 is 39.8 Å². The second kappa shape index (κ2) is 12.7. The molecule has 0 aliphatic heterocycles. The van der Waals surface area contributed by atoms with Crippen LogP contribution >= 0.6 is 24.0 Å². The van der Waals surface area contributed by atoms with Crippen LogP contribution in [0.1, 0.15) is 23.6 Å². The third-order valence-electron chi connectivity index (χ3n) is 4.59. The third-order valence-corrected chi connectivity index (χ3v) is 5.84. The van der Waals surface area contributed by atoms with Gasteiger partial charge in [0.1, 0.15) is 0 Å². The molecule has 0 saturated heterocycles. The lowest BCUT2D eigenvalue weighted by molar-refractivity contribution is 0.324. The number of rotatable bonds is 9. The minimum atomic E-state index is -3.23. The first-order valence-corrected chi connectivity index (χ1v) is 11.7. The summed E-state index contributed by atoms with van der Waals surface area (Å²) >= 11 is 0. The summed E-state index contributed by atoms with van der Waals surface area (Å²) in [6.45, 7) is 5.39. The summed E-state index contributed by atoms with van der Waals surface area (Å²) in [6.07, 6.45) is 1.21. The monoisotopic (exact) mass is 577 g/mol. The minimum absolute atomic E-state index is 0. The van der Waals surface area contributed by atoms with E-state index < -0.39 is 9.84 Å². The van der Waals surface area contributed by atoms with Gasteiger partial charge in [-0.15, -0.1) is 24.0 Å². The predicted molar refractivity (Wildman–Crippen MR) is 137 cm³/mol. The Morgan fingerprint density at radius 1 is 0.969 bits per heavy atom. The molecule has 0 atom stereocenters. The molecular weight excluding hydrogens is 545 g/mol. The summed E-state index contributed by atoms with van der Waals surface area (Å²) in [5.74, 6) is 2.33. The van der Waals surface area contributed by atoms with Gasteiger partial charge in [-0.25, -0.2) is 13.4 Å². The molecule has 32 heavy (non-hydrogen) atoms. The lowest BCUT2D eigenvalue weighted by Gasteiger charge is -2.15. The molecule has 0 spiro atoms. The van der Waals surface area contributed by atoms with Crippen molar-refractivity contribution in [3.05, 3.63) is 47.0 Å². The molecule has 0 saturated carbocycles. The zero-order chi connectivity index (χ0) is 23.0. The van der Waals surface area contributed by atoms with Gasteiger partial charge in [0, 0.05) is 19.3 Å². The average molecular weight is 577 g/mol. The molecule has 2 rings (SSSR count). The normalized spacial score (nSPS) is 11.4. The van der Waals surface area contributed by atoms with Crippen LogP contribution in [0.25, 0.3) is 0 Å². The zero-order valence-corrected chi connectivity index (χ0v) is 22.5. The molecular formula is C22H32IN3O5S. The number of guanidine groups is 1. The molecule has 0 unspecified atom stereocenters. The molecule has 2 N–H and O–H groups in total. The van der Waals surface area contributed by atoms with E-state index in [9.17, 15) is 8.42 Å². The van der Waals surface area contributed by atoms with Gasteiger partial charge in [0.05, 0.1) is 32.8 Å². The van der Waals surface area contributed by atoms with Gasteiger partial charge >= 0.3 is 0 Å². The topological polar surface area (TPSA) is 98.2 Å². The fraction of sp³-hybridized carbons (Fsp3) is 0.409. The molecule has 0 aliphatic carbocycles. The Bertz CT molecular complexity index is 1020. The van der Waals surface area contributed by atoms with Gasteiger partial charge in [0.25, 0.3) is 0 Å². The number of nitrogens with zero attached hydrogens (tertiary/aromatic N) is 1. The molecule has 0 aromatic heterocycles. The highest BCUT2D eigenvalue weighted by molar-refractivity contribution is 14.0. The first-order valence-electron chi connectivity index (χ1n) is 9.84. The quantitative estimate of drug-likeness (QED) is 0.268. The van der Waals surface area contributed by atoms with E-state index in [1.807, 2.05) is 25.1 Å². The number of sulfone groups is 1. The van der Waals surface area contributed by atoms with Crippen LogP contribution in [0.4, 0.5) is 0 Å². The highest BCUT2D eigenvalue weighted by Crippen LogP contribution is 2.38. The van der Waals surface area contributed by atoms with E-state index in [1.54, 1.807) is 40.4 Å². The number of halogens is 1. The zero-order valence-electron chi connectivity index (χ0n) is 19.3. The van der Waals surface area contributed by atoms with Gasteiger partial charge in [-0.2, -0.15) is 0 Å². The number of nitrogens with one attached hydrogen (secondary N) is 2. The van der Waals surface area contributed by atoms with Crippen LogP contribution in [-0.4, -0.2) is 48.5 Å². The van der Waals surface area contributed by atoms with Crippen LogP contribution in [0.2, 0.25) is 0 Å². The molecule has 0 bridgehead atoms. The van der Waals surface area contributed by atoms with Crippen molar-refractivity contribution in [2.75, 3.05) is 34.1 Å². The summed E-state index contributed by atoms with van der Waals surface area (Å²) in [5, 5.41) is 6.48. The van der Waals surface area contributed by atoms with Gasteiger partial charge in [-0.05, 0) is 48.7 Å². The van der Waals surface area contributed by atoms with Crippen LogP contribution in [0, 0.1) is 6.92 Å². The highest BCUT2D eigenvalue weighted by atomic mass is 127. The standard InChI is InChI=1S/C22H31N3O5S.HI/c1-7-23-22(24-13-16-8-9-20(15(2)10-16)31(6,26)27)25-14-17-11-18(28-3)21(30-5)19(12-17)29-4;/h8-12H,7,13-14H2,1-6H3,(H2,23,24,25);1H. The second-order valence-corrected chi connectivity index (χ2v) is 8.94. The van der Waals surface area contributed by atoms with E-state index in [0.717, 1.165) is 16.7 Å². The van der Waals surface area contributed by atoms with E-state index in [1.165, 1.54) is 6.26 Å². The number of hydrogen-bond donors (Lipinski definition) is 2. The number of aliphatic imine (C=N–C) groups is 1. The van der Waals surface area contributed by atoms with E-state index in [2.05, 4.69) is 15.6 Å². The Labute approximate surface area is 207 Å². The predicted octanol–water partition coefficient (Wildman–Crippen LogP) is 3.30. The second-order valence-electron chi connectivity index (χ2n) is 6.95. The van der Waals surface area contributed by atoms with Gasteiger partial charge in [-0.3, -0.25) is 0 Å². The Hall–Kier alpha value is -2.21. The first kappa shape index (κ1) is 27.8. The highest BCUT2D eigenvalue weighted by Gasteiger charge is 2.13. The lowest BCUT2D eigenvalue weighted by Crippen LogP contribution is -2.36. The minimum Gasteiger partial charge on any atom is -0.493 e. The van der Waals surface area contributed by atoms with Crippen molar-refractivity contribution in [3.8, 4) is 17.2 Å². The Morgan fingerprint density at radius 3 is 2.06 bits per heavy atom. The smallest absolute Gasteiger partial charge is 0.203 e. The molecule has 0 aliphatic rings. The molecule has 0 fully saturated rings. The van der Waals surface area contributed by atoms with Gasteiger partial charge in [0.2, 0.25) is 5.75 Å². The van der Waals surface area contributed by atoms with Crippen molar-refractivity contribution in [2.24, 2.45) is 4.99 Å². The Kier molecular flexibility index (Phi) is 11.1. The molecule has 10 heteroatoms. The van der Waals surface area contributed by atoms with E-state index in [0.29, 0.717) is 47.7 Å². The molecule has 2 aromatic rings. The van der Waals surface area contributed by atoms with Crippen molar-refractivity contribution in [1.82, 2.24) is 10.6 Å². The first-order chi connectivity index (χ1) is 14.7. The maximum absolute atomic E-state index is 11.8. The molecule has 2 aromatic carbocycles. The number of methoxy groups -OCH3 is 3. The lowest BCUT2D eigenvalue weighted by atomic mass is 10.1. The van der Waals surface area contributed by atoms with Crippen LogP contribution in [-0.2, 0) is 22.9 Å². The summed E-state index contributed by atoms with van der Waals surface area (Å²) < 4.78 is 39.7. The molecule has 178 valence electrons. The molecule has 0 radical (unpaired) electrons. The fourth-order valence-corrected chi connectivity index (χ4v) is 4.12. The van der Waals surface area contributed by atoms with Crippen LogP contribution in [0.3, 0.4) is 0 Å². The molecule has 8 nitrogen and oxygen atoms in total. The van der Waals surface area contributed by atoms with Gasteiger partial charge in [0.15, 0.2) is 27.3 Å². The van der Waals surface area contributed by atoms with Crippen molar-refractivity contribution in [3.63, 3.8) is 0 Å². The number of aryl methyl sites for hydroxylation is 1. The number of hydrogen-bond acceptors (Lipinski definition) is 6. The summed E-state index contributed by atoms with van der Waals surface area (Å²) in [7, 11) is 1.49. The van der Waals surface area contributed by atoms with Crippen molar-refractivity contribution < 1.29 is 22.6 Å². The fourth-order valence-electron chi connectivity index (χ4n) is 3.16. The van der Waals surface area contributed by atoms with Gasteiger partial charge < -0.3 is 24.8 Å². The van der Waals surface area contributed by atoms with Crippen LogP contribution in [0.5, 0.6) is 17.2 Å². The number of ether oxygens (including phenoxy) is 3. The van der Waals surface area contributed by atoms with E-state index in [-0.39, 0.29) is 24.0 Å². The van der Waals surface area contributed by atoms with Crippen LogP contribution < -0.4 is 24.8 Å². The molecule has 0 amide bonds. The summed E-state index contributed by atoms with van der Waals surface area (Å²) in [6, 6.07) is 9.04. The molecule has 0 heterocycles. The maximum atomic E-state index is 11.8. The van der Waals surface area contributed by atoms with Gasteiger partial charge in [-0.1, -0.05) is 12.1 Å². The maximum Gasteiger partial charge on any atom is 0.203 e. The van der Waals surface area contributed by atoms with Crippen molar-refractivity contribution in [2.45, 2.75) is 31.8 Å². The SMILES string of the molecule is CCNC(=NCc1cc(OC)c(OC)c(OC)c1)NCc1ccc(S(C)(=O)=O)c(C)c1.I. The van der Waals surface area contributed by atoms with E-state index >= 15 is 0 Å². The Balaban J connectivity index is 0.00000512. The van der Waals surface area contributed by atoms with Crippen molar-refractivity contribution in [1.29, 1.82) is 0 Å². The third kappa shape index (κ3) is 7.44. The Morgan fingerprint density at radius 2 is 1.59 bits per heavy atom. The number of benzene rings is 2. The summed E-state index contributed by atoms with van der Waals surface area (Å²) in [4.78, 5) is 4.98. The summed E-state index contributed by atoms with van der Waals surface area (Å²) in [5.41, 5.74) is 2.59. The largest absolute Gasteiger partial charge is 0.493 e. The van der Waals surface area contributed by atoms with E-state index in [4.69, 9.17) is 14.2 Å². The van der Waals surface area contributed by atoms with Crippen LogP contribution in [0.15, 0.2) is 40.2 Å². The average Bonchev–Trinajstić information content (AvgIpc) is 2.73.